The molecular formula is C23H46O5. The standard InChI is InChI=1S/C23H46O5/c1-2-3-4-5-6-7-8-9-10-11-12-13-14-15-16-17-23(26)28-19-18-27-21-22(25)20-24/h22,24-25H,2-21H2,1H3. The molecule has 0 aromatic carbocycles. The number of unbranched alkanes of at least 4 members (excludes halogenated alkanes) is 14. The van der Waals surface area contributed by atoms with Gasteiger partial charge in [-0.15, -0.1) is 0 Å². The first-order valence-electron chi connectivity index (χ1n) is 11.7. The zero-order valence-electron chi connectivity index (χ0n) is 18.3. The molecule has 0 radical (unpaired) electrons. The Kier molecular flexibility index (Phi) is 22.1. The Morgan fingerprint density at radius 2 is 1.21 bits per heavy atom. The quantitative estimate of drug-likeness (QED) is 0.193. The molecule has 1 atom stereocenters. The summed E-state index contributed by atoms with van der Waals surface area (Å²) >= 11 is 0. The Balaban J connectivity index is 3.15. The normalized spacial score (nSPS) is 12.2. The molecule has 0 amide bonds. The molecule has 168 valence electrons. The van der Waals surface area contributed by atoms with Crippen LogP contribution in [-0.4, -0.2) is 48.7 Å². The SMILES string of the molecule is CCCCCCCCCCCCCCCCCC(=O)OCCOCC(O)CO. The number of carbonyl (C=O) groups excluding carboxylic acids is 1. The Labute approximate surface area is 173 Å². The van der Waals surface area contributed by atoms with Gasteiger partial charge in [0.2, 0.25) is 0 Å². The lowest BCUT2D eigenvalue weighted by atomic mass is 10.0. The van der Waals surface area contributed by atoms with E-state index in [9.17, 15) is 4.79 Å². The Morgan fingerprint density at radius 3 is 1.68 bits per heavy atom. The minimum atomic E-state index is -0.865. The second-order valence-corrected chi connectivity index (χ2v) is 7.83. The van der Waals surface area contributed by atoms with Crippen molar-refractivity contribution in [3.63, 3.8) is 0 Å². The third kappa shape index (κ3) is 21.6. The van der Waals surface area contributed by atoms with E-state index < -0.39 is 6.10 Å². The molecule has 0 aromatic rings. The third-order valence-electron chi connectivity index (χ3n) is 5.00. The highest BCUT2D eigenvalue weighted by Crippen LogP contribution is 2.13. The van der Waals surface area contributed by atoms with Crippen molar-refractivity contribution in [2.75, 3.05) is 26.4 Å². The summed E-state index contributed by atoms with van der Waals surface area (Å²) in [7, 11) is 0. The van der Waals surface area contributed by atoms with E-state index >= 15 is 0 Å². The maximum Gasteiger partial charge on any atom is 0.305 e. The summed E-state index contributed by atoms with van der Waals surface area (Å²) in [5, 5.41) is 17.7. The molecule has 1 unspecified atom stereocenters. The smallest absolute Gasteiger partial charge is 0.305 e. The van der Waals surface area contributed by atoms with Crippen molar-refractivity contribution in [2.24, 2.45) is 0 Å². The van der Waals surface area contributed by atoms with Gasteiger partial charge >= 0.3 is 5.97 Å². The van der Waals surface area contributed by atoms with Crippen molar-refractivity contribution in [1.29, 1.82) is 0 Å². The average Bonchev–Trinajstić information content (AvgIpc) is 2.70. The molecule has 0 rings (SSSR count). The zero-order valence-corrected chi connectivity index (χ0v) is 18.3. The Morgan fingerprint density at radius 1 is 0.750 bits per heavy atom. The van der Waals surface area contributed by atoms with E-state index in [1.54, 1.807) is 0 Å². The molecule has 0 spiro atoms. The lowest BCUT2D eigenvalue weighted by molar-refractivity contribution is -0.145. The number of hydrogen-bond acceptors (Lipinski definition) is 5. The van der Waals surface area contributed by atoms with Crippen LogP contribution >= 0.6 is 0 Å². The van der Waals surface area contributed by atoms with Gasteiger partial charge in [-0.2, -0.15) is 0 Å². The van der Waals surface area contributed by atoms with Crippen molar-refractivity contribution in [3.8, 4) is 0 Å². The number of rotatable bonds is 22. The number of aliphatic hydroxyl groups excluding tert-OH is 2. The summed E-state index contributed by atoms with van der Waals surface area (Å²) < 4.78 is 10.1. The van der Waals surface area contributed by atoms with Gasteiger partial charge in [-0.25, -0.2) is 0 Å². The molecule has 0 aliphatic heterocycles. The highest BCUT2D eigenvalue weighted by atomic mass is 16.6. The molecule has 0 aliphatic carbocycles. The molecule has 5 nitrogen and oxygen atoms in total. The van der Waals surface area contributed by atoms with Crippen LogP contribution in [0.3, 0.4) is 0 Å². The molecule has 2 N–H and O–H groups in total. The summed E-state index contributed by atoms with van der Waals surface area (Å²) in [5.74, 6) is -0.180. The molecule has 0 heterocycles. The van der Waals surface area contributed by atoms with Crippen molar-refractivity contribution < 1.29 is 24.5 Å². The fourth-order valence-electron chi connectivity index (χ4n) is 3.20. The lowest BCUT2D eigenvalue weighted by Gasteiger charge is -2.08. The summed E-state index contributed by atoms with van der Waals surface area (Å²) in [6.45, 7) is 2.46. The van der Waals surface area contributed by atoms with E-state index in [0.29, 0.717) is 6.42 Å². The van der Waals surface area contributed by atoms with Crippen LogP contribution in [0.25, 0.3) is 0 Å². The molecule has 0 saturated carbocycles. The summed E-state index contributed by atoms with van der Waals surface area (Å²) in [6.07, 6.45) is 19.3. The van der Waals surface area contributed by atoms with Crippen molar-refractivity contribution in [1.82, 2.24) is 0 Å². The van der Waals surface area contributed by atoms with E-state index in [0.717, 1.165) is 12.8 Å². The lowest BCUT2D eigenvalue weighted by Crippen LogP contribution is -2.21. The number of aliphatic hydroxyl groups is 2. The van der Waals surface area contributed by atoms with Crippen LogP contribution < -0.4 is 0 Å². The molecule has 5 heteroatoms. The van der Waals surface area contributed by atoms with E-state index in [1.165, 1.54) is 83.5 Å². The second-order valence-electron chi connectivity index (χ2n) is 7.83. The maximum atomic E-state index is 11.6. The van der Waals surface area contributed by atoms with Gasteiger partial charge in [-0.3, -0.25) is 4.79 Å². The highest BCUT2D eigenvalue weighted by Gasteiger charge is 2.04. The van der Waals surface area contributed by atoms with E-state index in [1.807, 2.05) is 0 Å². The van der Waals surface area contributed by atoms with Gasteiger partial charge in [0.15, 0.2) is 0 Å². The summed E-state index contributed by atoms with van der Waals surface area (Å²) in [4.78, 5) is 11.6. The van der Waals surface area contributed by atoms with E-state index in [2.05, 4.69) is 6.92 Å². The topological polar surface area (TPSA) is 76.0 Å². The highest BCUT2D eigenvalue weighted by molar-refractivity contribution is 5.69. The van der Waals surface area contributed by atoms with Gasteiger partial charge in [0.25, 0.3) is 0 Å². The van der Waals surface area contributed by atoms with Crippen molar-refractivity contribution in [3.05, 3.63) is 0 Å². The largest absolute Gasteiger partial charge is 0.463 e. The van der Waals surface area contributed by atoms with Gasteiger partial charge in [0.1, 0.15) is 12.7 Å². The van der Waals surface area contributed by atoms with Crippen LogP contribution in [-0.2, 0) is 14.3 Å². The molecule has 0 aliphatic rings. The first-order valence-corrected chi connectivity index (χ1v) is 11.7. The van der Waals surface area contributed by atoms with E-state index in [-0.39, 0.29) is 32.4 Å². The number of esters is 1. The molecular weight excluding hydrogens is 356 g/mol. The Hall–Kier alpha value is -0.650. The minimum Gasteiger partial charge on any atom is -0.463 e. The first kappa shape index (κ1) is 27.4. The molecule has 28 heavy (non-hydrogen) atoms. The molecule has 0 saturated heterocycles. The third-order valence-corrected chi connectivity index (χ3v) is 5.00. The van der Waals surface area contributed by atoms with Gasteiger partial charge in [0, 0.05) is 6.42 Å². The summed E-state index contributed by atoms with van der Waals surface area (Å²) in [5.41, 5.74) is 0. The zero-order chi connectivity index (χ0) is 20.7. The first-order chi connectivity index (χ1) is 13.7. The predicted molar refractivity (Wildman–Crippen MR) is 114 cm³/mol. The Bertz CT molecular complexity index is 322. The van der Waals surface area contributed by atoms with Crippen LogP contribution in [0.4, 0.5) is 0 Å². The number of carbonyl (C=O) groups is 1. The summed E-state index contributed by atoms with van der Waals surface area (Å²) in [6, 6.07) is 0. The maximum absolute atomic E-state index is 11.6. The van der Waals surface area contributed by atoms with Crippen molar-refractivity contribution in [2.45, 2.75) is 116 Å². The molecule has 0 aromatic heterocycles. The fraction of sp³-hybridized carbons (Fsp3) is 0.957. The van der Waals surface area contributed by atoms with Crippen LogP contribution in [0.15, 0.2) is 0 Å². The van der Waals surface area contributed by atoms with Gasteiger partial charge in [0.05, 0.1) is 19.8 Å². The molecule has 0 fully saturated rings. The fourth-order valence-corrected chi connectivity index (χ4v) is 3.20. The average molecular weight is 403 g/mol. The van der Waals surface area contributed by atoms with Gasteiger partial charge in [-0.1, -0.05) is 96.8 Å². The van der Waals surface area contributed by atoms with E-state index in [4.69, 9.17) is 19.7 Å². The van der Waals surface area contributed by atoms with Crippen LogP contribution in [0.1, 0.15) is 110 Å². The second kappa shape index (κ2) is 22.6. The predicted octanol–water partition coefficient (Wildman–Crippen LogP) is 5.16. The van der Waals surface area contributed by atoms with Crippen LogP contribution in [0, 0.1) is 0 Å². The number of ether oxygens (including phenoxy) is 2. The van der Waals surface area contributed by atoms with Crippen LogP contribution in [0.5, 0.6) is 0 Å². The van der Waals surface area contributed by atoms with Crippen molar-refractivity contribution >= 4 is 5.97 Å². The van der Waals surface area contributed by atoms with Gasteiger partial charge < -0.3 is 19.7 Å². The number of hydrogen-bond donors (Lipinski definition) is 2. The molecule has 0 bridgehead atoms. The van der Waals surface area contributed by atoms with Gasteiger partial charge in [-0.05, 0) is 6.42 Å². The minimum absolute atomic E-state index is 0.0626. The van der Waals surface area contributed by atoms with Crippen LogP contribution in [0.2, 0.25) is 0 Å². The monoisotopic (exact) mass is 402 g/mol.